The van der Waals surface area contributed by atoms with E-state index in [2.05, 4.69) is 41.7 Å². The first-order chi connectivity index (χ1) is 5.95. The van der Waals surface area contributed by atoms with Gasteiger partial charge in [0, 0.05) is 16.7 Å². The van der Waals surface area contributed by atoms with Gasteiger partial charge in [-0.2, -0.15) is 0 Å². The third-order valence-corrected chi connectivity index (χ3v) is 2.48. The molecule has 0 radical (unpaired) electrons. The van der Waals surface area contributed by atoms with Crippen molar-refractivity contribution in [2.45, 2.75) is 26.2 Å². The van der Waals surface area contributed by atoms with Gasteiger partial charge in [-0.05, 0) is 26.9 Å². The van der Waals surface area contributed by atoms with Gasteiger partial charge < -0.3 is 4.74 Å². The molecule has 0 unspecified atom stereocenters. The third-order valence-electron chi connectivity index (χ3n) is 1.85. The van der Waals surface area contributed by atoms with Gasteiger partial charge in [0.05, 0.1) is 7.11 Å². The van der Waals surface area contributed by atoms with Crippen LogP contribution in [0, 0.1) is 0 Å². The number of hydrogen-bond donors (Lipinski definition) is 0. The van der Waals surface area contributed by atoms with E-state index < -0.39 is 0 Å². The quantitative estimate of drug-likeness (QED) is 0.757. The van der Waals surface area contributed by atoms with Crippen LogP contribution in [0.4, 0.5) is 0 Å². The fourth-order valence-electron chi connectivity index (χ4n) is 1.11. The summed E-state index contributed by atoms with van der Waals surface area (Å²) in [6.07, 6.45) is 1.78. The van der Waals surface area contributed by atoms with Crippen LogP contribution in [0.3, 0.4) is 0 Å². The van der Waals surface area contributed by atoms with Crippen LogP contribution in [-0.4, -0.2) is 12.1 Å². The van der Waals surface area contributed by atoms with Crippen LogP contribution in [0.1, 0.15) is 26.3 Å². The van der Waals surface area contributed by atoms with Crippen LogP contribution in [0.15, 0.2) is 16.7 Å². The Kier molecular flexibility index (Phi) is 2.96. The van der Waals surface area contributed by atoms with Crippen molar-refractivity contribution in [1.82, 2.24) is 4.98 Å². The van der Waals surface area contributed by atoms with Crippen LogP contribution >= 0.6 is 15.9 Å². The van der Waals surface area contributed by atoms with Gasteiger partial charge in [-0.15, -0.1) is 0 Å². The molecule has 1 aromatic rings. The highest BCUT2D eigenvalue weighted by molar-refractivity contribution is 9.10. The van der Waals surface area contributed by atoms with Crippen LogP contribution in [0.2, 0.25) is 0 Å². The molecule has 13 heavy (non-hydrogen) atoms. The lowest BCUT2D eigenvalue weighted by molar-refractivity contribution is 0.395. The molecule has 0 aliphatic rings. The molecule has 0 saturated heterocycles. The molecule has 3 heteroatoms. The molecule has 0 amide bonds. The monoisotopic (exact) mass is 243 g/mol. The Bertz CT molecular complexity index is 304. The highest BCUT2D eigenvalue weighted by atomic mass is 79.9. The standard InChI is InChI=1S/C10H14BrNO/c1-10(2,3)7-5-9(13-4)12-6-8(7)11/h5-6H,1-4H3. The summed E-state index contributed by atoms with van der Waals surface area (Å²) in [5.74, 6) is 0.660. The van der Waals surface area contributed by atoms with Gasteiger partial charge in [0.1, 0.15) is 0 Å². The molecule has 0 atom stereocenters. The number of rotatable bonds is 1. The third kappa shape index (κ3) is 2.44. The van der Waals surface area contributed by atoms with Gasteiger partial charge in [-0.25, -0.2) is 4.98 Å². The van der Waals surface area contributed by atoms with Crippen molar-refractivity contribution in [2.75, 3.05) is 7.11 Å². The summed E-state index contributed by atoms with van der Waals surface area (Å²) in [6, 6.07) is 1.96. The highest BCUT2D eigenvalue weighted by Gasteiger charge is 2.18. The summed E-state index contributed by atoms with van der Waals surface area (Å²) in [7, 11) is 1.63. The fraction of sp³-hybridized carbons (Fsp3) is 0.500. The molecule has 1 aromatic heterocycles. The molecular weight excluding hydrogens is 230 g/mol. The molecule has 0 spiro atoms. The zero-order valence-electron chi connectivity index (χ0n) is 8.39. The van der Waals surface area contributed by atoms with Crippen LogP contribution in [0.25, 0.3) is 0 Å². The van der Waals surface area contributed by atoms with Gasteiger partial charge in [0.2, 0.25) is 5.88 Å². The first kappa shape index (κ1) is 10.5. The minimum Gasteiger partial charge on any atom is -0.481 e. The largest absolute Gasteiger partial charge is 0.481 e. The SMILES string of the molecule is COc1cc(C(C)(C)C)c(Br)cn1. The topological polar surface area (TPSA) is 22.1 Å². The average Bonchev–Trinajstić information content (AvgIpc) is 2.03. The number of hydrogen-bond acceptors (Lipinski definition) is 2. The smallest absolute Gasteiger partial charge is 0.213 e. The van der Waals surface area contributed by atoms with Crippen LogP contribution in [0.5, 0.6) is 5.88 Å². The Morgan fingerprint density at radius 3 is 2.46 bits per heavy atom. The van der Waals surface area contributed by atoms with E-state index in [1.807, 2.05) is 6.07 Å². The van der Waals surface area contributed by atoms with E-state index in [-0.39, 0.29) is 5.41 Å². The average molecular weight is 244 g/mol. The fourth-order valence-corrected chi connectivity index (χ4v) is 1.92. The van der Waals surface area contributed by atoms with E-state index in [4.69, 9.17) is 4.74 Å². The van der Waals surface area contributed by atoms with E-state index in [1.54, 1.807) is 13.3 Å². The molecule has 1 heterocycles. The van der Waals surface area contributed by atoms with Crippen molar-refractivity contribution in [3.05, 3.63) is 22.3 Å². The summed E-state index contributed by atoms with van der Waals surface area (Å²) in [5.41, 5.74) is 1.31. The molecule has 2 nitrogen and oxygen atoms in total. The van der Waals surface area contributed by atoms with Gasteiger partial charge in [0.25, 0.3) is 0 Å². The highest BCUT2D eigenvalue weighted by Crippen LogP contribution is 2.31. The zero-order valence-corrected chi connectivity index (χ0v) is 9.97. The first-order valence-electron chi connectivity index (χ1n) is 4.15. The Labute approximate surface area is 87.5 Å². The summed E-state index contributed by atoms with van der Waals surface area (Å²) < 4.78 is 6.10. The van der Waals surface area contributed by atoms with Gasteiger partial charge in [-0.3, -0.25) is 0 Å². The van der Waals surface area contributed by atoms with E-state index in [0.29, 0.717) is 5.88 Å². The maximum absolute atomic E-state index is 5.07. The molecule has 0 aliphatic carbocycles. The molecule has 0 saturated carbocycles. The van der Waals surface area contributed by atoms with Crippen molar-refractivity contribution in [3.63, 3.8) is 0 Å². The van der Waals surface area contributed by atoms with Crippen molar-refractivity contribution < 1.29 is 4.74 Å². The summed E-state index contributed by atoms with van der Waals surface area (Å²) in [4.78, 5) is 4.10. The molecule has 0 N–H and O–H groups in total. The Morgan fingerprint density at radius 2 is 2.00 bits per heavy atom. The number of ether oxygens (including phenoxy) is 1. The van der Waals surface area contributed by atoms with Crippen LogP contribution in [-0.2, 0) is 5.41 Å². The lowest BCUT2D eigenvalue weighted by atomic mass is 9.88. The summed E-state index contributed by atoms with van der Waals surface area (Å²) >= 11 is 3.48. The zero-order chi connectivity index (χ0) is 10.1. The summed E-state index contributed by atoms with van der Waals surface area (Å²) in [6.45, 7) is 6.48. The predicted molar refractivity (Wildman–Crippen MR) is 57.2 cm³/mol. The second-order valence-corrected chi connectivity index (χ2v) is 4.81. The maximum atomic E-state index is 5.07. The molecular formula is C10H14BrNO. The minimum absolute atomic E-state index is 0.106. The van der Waals surface area contributed by atoms with E-state index in [1.165, 1.54) is 5.56 Å². The number of halogens is 1. The predicted octanol–water partition coefficient (Wildman–Crippen LogP) is 3.15. The van der Waals surface area contributed by atoms with E-state index >= 15 is 0 Å². The normalized spacial score (nSPS) is 11.5. The second-order valence-electron chi connectivity index (χ2n) is 3.96. The maximum Gasteiger partial charge on any atom is 0.213 e. The number of aromatic nitrogens is 1. The summed E-state index contributed by atoms with van der Waals surface area (Å²) in [5, 5.41) is 0. The van der Waals surface area contributed by atoms with E-state index in [0.717, 1.165) is 4.47 Å². The lowest BCUT2D eigenvalue weighted by Gasteiger charge is -2.20. The minimum atomic E-state index is 0.106. The molecule has 0 bridgehead atoms. The number of pyridine rings is 1. The molecule has 0 aromatic carbocycles. The molecule has 0 aliphatic heterocycles. The lowest BCUT2D eigenvalue weighted by Crippen LogP contribution is -2.12. The molecule has 1 rings (SSSR count). The molecule has 0 fully saturated rings. The van der Waals surface area contributed by atoms with E-state index in [9.17, 15) is 0 Å². The Hall–Kier alpha value is -0.570. The van der Waals surface area contributed by atoms with Gasteiger partial charge in [0.15, 0.2) is 0 Å². The van der Waals surface area contributed by atoms with Gasteiger partial charge in [-0.1, -0.05) is 20.8 Å². The van der Waals surface area contributed by atoms with Crippen molar-refractivity contribution >= 4 is 15.9 Å². The van der Waals surface area contributed by atoms with Crippen molar-refractivity contribution in [1.29, 1.82) is 0 Å². The Balaban J connectivity index is 3.19. The number of nitrogens with zero attached hydrogens (tertiary/aromatic N) is 1. The van der Waals surface area contributed by atoms with Crippen molar-refractivity contribution in [3.8, 4) is 5.88 Å². The van der Waals surface area contributed by atoms with Crippen molar-refractivity contribution in [2.24, 2.45) is 0 Å². The first-order valence-corrected chi connectivity index (χ1v) is 4.94. The second kappa shape index (κ2) is 3.66. The Morgan fingerprint density at radius 1 is 1.38 bits per heavy atom. The number of methoxy groups -OCH3 is 1. The van der Waals surface area contributed by atoms with Gasteiger partial charge >= 0.3 is 0 Å². The van der Waals surface area contributed by atoms with Crippen LogP contribution < -0.4 is 4.74 Å². The molecule has 72 valence electrons.